The third-order valence-corrected chi connectivity index (χ3v) is 4.75. The van der Waals surface area contributed by atoms with Gasteiger partial charge in [0.25, 0.3) is 0 Å². The number of amides is 1. The van der Waals surface area contributed by atoms with Crippen LogP contribution in [0.1, 0.15) is 17.4 Å². The molecule has 6 heteroatoms. The van der Waals surface area contributed by atoms with Crippen molar-refractivity contribution in [1.82, 2.24) is 4.90 Å². The maximum absolute atomic E-state index is 12.5. The molecule has 24 heavy (non-hydrogen) atoms. The Kier molecular flexibility index (Phi) is 6.56. The van der Waals surface area contributed by atoms with Crippen molar-refractivity contribution >= 4 is 34.5 Å². The molecular formula is C18H18ClN3OS. The summed E-state index contributed by atoms with van der Waals surface area (Å²) >= 11 is 7.47. The van der Waals surface area contributed by atoms with Crippen molar-refractivity contribution in [2.24, 2.45) is 0 Å². The molecule has 1 aromatic heterocycles. The van der Waals surface area contributed by atoms with Gasteiger partial charge >= 0.3 is 0 Å². The number of nitrogens with one attached hydrogen (secondary N) is 1. The summed E-state index contributed by atoms with van der Waals surface area (Å²) in [5.41, 5.74) is 1.13. The molecule has 124 valence electrons. The lowest BCUT2D eigenvalue weighted by Gasteiger charge is -2.26. The molecule has 0 saturated heterocycles. The Bertz CT molecular complexity index is 766. The molecule has 1 N–H and O–H groups in total. The van der Waals surface area contributed by atoms with Gasteiger partial charge in [0.2, 0.25) is 5.91 Å². The van der Waals surface area contributed by atoms with Crippen molar-refractivity contribution in [3.05, 3.63) is 63.8 Å². The Hall–Kier alpha value is -2.13. The zero-order valence-electron chi connectivity index (χ0n) is 13.3. The fourth-order valence-corrected chi connectivity index (χ4v) is 3.35. The Morgan fingerprint density at radius 3 is 2.92 bits per heavy atom. The van der Waals surface area contributed by atoms with E-state index in [0.29, 0.717) is 24.3 Å². The van der Waals surface area contributed by atoms with E-state index in [1.807, 2.05) is 24.0 Å². The van der Waals surface area contributed by atoms with Gasteiger partial charge in [-0.05, 0) is 37.3 Å². The van der Waals surface area contributed by atoms with E-state index in [1.165, 1.54) is 11.3 Å². The lowest BCUT2D eigenvalue weighted by molar-refractivity contribution is -0.120. The largest absolute Gasteiger partial charge is 0.325 e. The molecule has 0 spiro atoms. The first-order valence-corrected chi connectivity index (χ1v) is 8.63. The molecule has 1 aromatic carbocycles. The van der Waals surface area contributed by atoms with Gasteiger partial charge in [-0.25, -0.2) is 0 Å². The average molecular weight is 360 g/mol. The summed E-state index contributed by atoms with van der Waals surface area (Å²) in [6.45, 7) is 6.82. The predicted molar refractivity (Wildman–Crippen MR) is 99.2 cm³/mol. The maximum Gasteiger partial charge on any atom is 0.241 e. The van der Waals surface area contributed by atoms with Gasteiger partial charge in [0.15, 0.2) is 0 Å². The van der Waals surface area contributed by atoms with E-state index in [9.17, 15) is 4.79 Å². The number of nitriles is 1. The fourth-order valence-electron chi connectivity index (χ4n) is 2.24. The van der Waals surface area contributed by atoms with Crippen LogP contribution in [0.5, 0.6) is 0 Å². The van der Waals surface area contributed by atoms with Crippen molar-refractivity contribution < 1.29 is 4.79 Å². The molecule has 0 aliphatic rings. The molecule has 1 heterocycles. The molecule has 1 atom stereocenters. The summed E-state index contributed by atoms with van der Waals surface area (Å²) in [5, 5.41) is 11.8. The van der Waals surface area contributed by atoms with Gasteiger partial charge in [-0.2, -0.15) is 5.26 Å². The fraction of sp³-hybridized carbons (Fsp3) is 0.222. The highest BCUT2D eigenvalue weighted by molar-refractivity contribution is 7.16. The summed E-state index contributed by atoms with van der Waals surface area (Å²) in [6, 6.07) is 12.4. The molecule has 0 bridgehead atoms. The van der Waals surface area contributed by atoms with Crippen molar-refractivity contribution in [3.8, 4) is 6.07 Å². The molecule has 0 aliphatic carbocycles. The molecular weight excluding hydrogens is 342 g/mol. The molecule has 0 unspecified atom stereocenters. The lowest BCUT2D eigenvalue weighted by Crippen LogP contribution is -2.41. The summed E-state index contributed by atoms with van der Waals surface area (Å²) in [6.07, 6.45) is 1.77. The minimum atomic E-state index is -0.352. The van der Waals surface area contributed by atoms with Crippen molar-refractivity contribution in [2.45, 2.75) is 19.5 Å². The quantitative estimate of drug-likeness (QED) is 0.750. The van der Waals surface area contributed by atoms with Crippen molar-refractivity contribution in [1.29, 1.82) is 5.26 Å². The Morgan fingerprint density at radius 2 is 2.29 bits per heavy atom. The number of nitrogens with zero attached hydrogens (tertiary/aromatic N) is 2. The highest BCUT2D eigenvalue weighted by atomic mass is 35.5. The van der Waals surface area contributed by atoms with Crippen LogP contribution >= 0.6 is 22.9 Å². The molecule has 4 nitrogen and oxygen atoms in total. The number of rotatable bonds is 7. The minimum absolute atomic E-state index is 0.130. The zero-order chi connectivity index (χ0) is 17.5. The Labute approximate surface area is 151 Å². The van der Waals surface area contributed by atoms with Crippen LogP contribution in [0.2, 0.25) is 4.34 Å². The van der Waals surface area contributed by atoms with Gasteiger partial charge in [0.05, 0.1) is 22.0 Å². The second-order valence-corrected chi connectivity index (χ2v) is 7.08. The second kappa shape index (κ2) is 8.65. The van der Waals surface area contributed by atoms with E-state index in [4.69, 9.17) is 16.9 Å². The first-order valence-electron chi connectivity index (χ1n) is 7.43. The normalized spacial score (nSPS) is 11.8. The smallest absolute Gasteiger partial charge is 0.241 e. The van der Waals surface area contributed by atoms with Gasteiger partial charge < -0.3 is 5.32 Å². The van der Waals surface area contributed by atoms with E-state index >= 15 is 0 Å². The summed E-state index contributed by atoms with van der Waals surface area (Å²) < 4.78 is 0.731. The molecule has 0 saturated carbocycles. The van der Waals surface area contributed by atoms with Gasteiger partial charge in [-0.1, -0.05) is 23.7 Å². The highest BCUT2D eigenvalue weighted by Crippen LogP contribution is 2.23. The highest BCUT2D eigenvalue weighted by Gasteiger charge is 2.21. The summed E-state index contributed by atoms with van der Waals surface area (Å²) in [7, 11) is 0. The molecule has 0 fully saturated rings. The summed E-state index contributed by atoms with van der Waals surface area (Å²) in [5.74, 6) is -0.130. The summed E-state index contributed by atoms with van der Waals surface area (Å²) in [4.78, 5) is 15.6. The first-order chi connectivity index (χ1) is 11.5. The third-order valence-electron chi connectivity index (χ3n) is 3.54. The monoisotopic (exact) mass is 359 g/mol. The Balaban J connectivity index is 2.07. The van der Waals surface area contributed by atoms with Crippen LogP contribution in [0.3, 0.4) is 0 Å². The van der Waals surface area contributed by atoms with E-state index in [1.54, 1.807) is 30.3 Å². The number of carbonyl (C=O) groups is 1. The van der Waals surface area contributed by atoms with Crippen LogP contribution in [-0.2, 0) is 11.3 Å². The number of halogens is 1. The van der Waals surface area contributed by atoms with Crippen LogP contribution in [0.15, 0.2) is 49.1 Å². The molecule has 0 aliphatic heterocycles. The van der Waals surface area contributed by atoms with Crippen LogP contribution in [0.4, 0.5) is 5.69 Å². The van der Waals surface area contributed by atoms with Crippen LogP contribution in [-0.4, -0.2) is 23.4 Å². The minimum Gasteiger partial charge on any atom is -0.325 e. The van der Waals surface area contributed by atoms with Crippen LogP contribution in [0.25, 0.3) is 0 Å². The molecule has 0 radical (unpaired) electrons. The zero-order valence-corrected chi connectivity index (χ0v) is 14.9. The van der Waals surface area contributed by atoms with Gasteiger partial charge in [-0.3, -0.25) is 9.69 Å². The van der Waals surface area contributed by atoms with Crippen LogP contribution in [0, 0.1) is 11.3 Å². The lowest BCUT2D eigenvalue weighted by atomic mass is 10.2. The topological polar surface area (TPSA) is 56.1 Å². The standard InChI is InChI=1S/C18H18ClN3OS/c1-3-9-22(12-16-7-8-17(19)24-16)13(2)18(23)21-15-6-4-5-14(10-15)11-20/h3-8,10,13H,1,9,12H2,2H3,(H,21,23)/t13-/m1/s1. The second-order valence-electron chi connectivity index (χ2n) is 5.28. The van der Waals surface area contributed by atoms with E-state index < -0.39 is 0 Å². The molecule has 2 aromatic rings. The van der Waals surface area contributed by atoms with Crippen LogP contribution < -0.4 is 5.32 Å². The van der Waals surface area contributed by atoms with E-state index in [2.05, 4.69) is 18.0 Å². The number of thiophene rings is 1. The number of hydrogen-bond acceptors (Lipinski definition) is 4. The maximum atomic E-state index is 12.5. The van der Waals surface area contributed by atoms with Gasteiger partial charge in [0.1, 0.15) is 0 Å². The van der Waals surface area contributed by atoms with Gasteiger partial charge in [-0.15, -0.1) is 17.9 Å². The molecule has 2 rings (SSSR count). The average Bonchev–Trinajstić information content (AvgIpc) is 2.99. The number of hydrogen-bond donors (Lipinski definition) is 1. The van der Waals surface area contributed by atoms with Crippen molar-refractivity contribution in [3.63, 3.8) is 0 Å². The van der Waals surface area contributed by atoms with Gasteiger partial charge in [0, 0.05) is 23.7 Å². The number of anilines is 1. The number of benzene rings is 1. The van der Waals surface area contributed by atoms with Crippen molar-refractivity contribution in [2.75, 3.05) is 11.9 Å². The predicted octanol–water partition coefficient (Wildman–Crippen LogP) is 4.29. The Morgan fingerprint density at radius 1 is 1.50 bits per heavy atom. The van der Waals surface area contributed by atoms with E-state index in [0.717, 1.165) is 9.21 Å². The third kappa shape index (κ3) is 4.93. The number of carbonyl (C=O) groups excluding carboxylic acids is 1. The van der Waals surface area contributed by atoms with E-state index in [-0.39, 0.29) is 11.9 Å². The SMILES string of the molecule is C=CCN(Cc1ccc(Cl)s1)[C@H](C)C(=O)Nc1cccc(C#N)c1. The first kappa shape index (κ1) is 18.2. The molecule has 1 amide bonds.